The Morgan fingerprint density at radius 2 is 2.18 bits per heavy atom. The van der Waals surface area contributed by atoms with Crippen molar-refractivity contribution < 1.29 is 13.6 Å². The Bertz CT molecular complexity index is 479. The van der Waals surface area contributed by atoms with Gasteiger partial charge in [0.2, 0.25) is 5.91 Å². The van der Waals surface area contributed by atoms with Crippen LogP contribution in [0.2, 0.25) is 0 Å². The maximum absolute atomic E-state index is 13.3. The molecule has 1 aromatic rings. The Labute approximate surface area is 102 Å². The van der Waals surface area contributed by atoms with Gasteiger partial charge in [0.25, 0.3) is 0 Å². The van der Waals surface area contributed by atoms with Gasteiger partial charge in [-0.15, -0.1) is 0 Å². The normalized spacial score (nSPS) is 15.2. The van der Waals surface area contributed by atoms with E-state index in [1.807, 2.05) is 0 Å². The number of carbonyl (C=O) groups excluding carboxylic acids is 1. The van der Waals surface area contributed by atoms with Gasteiger partial charge in [0.15, 0.2) is 5.11 Å². The second-order valence-electron chi connectivity index (χ2n) is 3.70. The molecule has 2 rings (SSSR count). The summed E-state index contributed by atoms with van der Waals surface area (Å²) in [6, 6.07) is 3.13. The number of rotatable bonds is 1. The zero-order valence-electron chi connectivity index (χ0n) is 8.87. The molecule has 0 bridgehead atoms. The van der Waals surface area contributed by atoms with Crippen LogP contribution in [0.15, 0.2) is 18.2 Å². The summed E-state index contributed by atoms with van der Waals surface area (Å²) < 4.78 is 26.0. The summed E-state index contributed by atoms with van der Waals surface area (Å²) in [5.41, 5.74) is 0.0658. The summed E-state index contributed by atoms with van der Waals surface area (Å²) in [6.07, 6.45) is 1.19. The Balaban J connectivity index is 2.10. The number of benzene rings is 1. The average Bonchev–Trinajstić information content (AvgIpc) is 2.68. The molecular formula is C11H10F2N2OS. The number of hydrogen-bond donors (Lipinski definition) is 1. The Morgan fingerprint density at radius 1 is 1.41 bits per heavy atom. The minimum Gasteiger partial charge on any atom is -0.330 e. The smallest absolute Gasteiger partial charge is 0.228 e. The van der Waals surface area contributed by atoms with Crippen LogP contribution in [0, 0.1) is 11.6 Å². The summed E-state index contributed by atoms with van der Waals surface area (Å²) in [5.74, 6) is -1.47. The molecule has 0 atom stereocenters. The fraction of sp³-hybridized carbons (Fsp3) is 0.273. The Kier molecular flexibility index (Phi) is 3.33. The van der Waals surface area contributed by atoms with E-state index in [4.69, 9.17) is 12.2 Å². The van der Waals surface area contributed by atoms with E-state index in [1.165, 1.54) is 11.0 Å². The second kappa shape index (κ2) is 4.75. The van der Waals surface area contributed by atoms with Crippen LogP contribution in [0.1, 0.15) is 12.8 Å². The monoisotopic (exact) mass is 256 g/mol. The lowest BCUT2D eigenvalue weighted by Gasteiger charge is -2.18. The zero-order valence-corrected chi connectivity index (χ0v) is 9.69. The van der Waals surface area contributed by atoms with Gasteiger partial charge in [-0.3, -0.25) is 9.69 Å². The first-order valence-electron chi connectivity index (χ1n) is 5.14. The fourth-order valence-electron chi connectivity index (χ4n) is 1.64. The maximum Gasteiger partial charge on any atom is 0.228 e. The minimum atomic E-state index is -0.737. The molecule has 1 amide bonds. The van der Waals surface area contributed by atoms with E-state index in [0.717, 1.165) is 18.6 Å². The Morgan fingerprint density at radius 3 is 2.76 bits per heavy atom. The van der Waals surface area contributed by atoms with E-state index in [9.17, 15) is 13.6 Å². The molecule has 0 saturated carbocycles. The van der Waals surface area contributed by atoms with Crippen molar-refractivity contribution in [3.63, 3.8) is 0 Å². The zero-order chi connectivity index (χ0) is 12.4. The van der Waals surface area contributed by atoms with E-state index in [-0.39, 0.29) is 16.7 Å². The van der Waals surface area contributed by atoms with Crippen LogP contribution in [0.25, 0.3) is 0 Å². The van der Waals surface area contributed by atoms with Crippen molar-refractivity contribution in [1.82, 2.24) is 4.90 Å². The third-order valence-electron chi connectivity index (χ3n) is 2.49. The number of likely N-dealkylation sites (tertiary alicyclic amines) is 1. The molecule has 3 nitrogen and oxygen atoms in total. The third-order valence-corrected chi connectivity index (χ3v) is 2.81. The molecule has 1 fully saturated rings. The van der Waals surface area contributed by atoms with Crippen molar-refractivity contribution in [2.45, 2.75) is 12.8 Å². The molecule has 1 saturated heterocycles. The molecule has 0 aromatic heterocycles. The highest BCUT2D eigenvalue weighted by molar-refractivity contribution is 7.80. The van der Waals surface area contributed by atoms with Crippen LogP contribution in [0.3, 0.4) is 0 Å². The Hall–Kier alpha value is -1.56. The van der Waals surface area contributed by atoms with Gasteiger partial charge < -0.3 is 5.32 Å². The molecular weight excluding hydrogens is 246 g/mol. The highest BCUT2D eigenvalue weighted by Crippen LogP contribution is 2.17. The molecule has 17 heavy (non-hydrogen) atoms. The molecule has 0 aliphatic carbocycles. The van der Waals surface area contributed by atoms with Gasteiger partial charge in [-0.2, -0.15) is 0 Å². The number of nitrogens with zero attached hydrogens (tertiary/aromatic N) is 1. The molecule has 6 heteroatoms. The first-order chi connectivity index (χ1) is 8.08. The van der Waals surface area contributed by atoms with E-state index in [1.54, 1.807) is 0 Å². The molecule has 0 unspecified atom stereocenters. The number of nitrogens with one attached hydrogen (secondary N) is 1. The first-order valence-corrected chi connectivity index (χ1v) is 5.55. The van der Waals surface area contributed by atoms with Crippen LogP contribution < -0.4 is 5.32 Å². The number of thiocarbonyl (C=S) groups is 1. The molecule has 1 N–H and O–H groups in total. The fourth-order valence-corrected chi connectivity index (χ4v) is 1.94. The SMILES string of the molecule is O=C1CCCN1C(=S)Nc1ccc(F)cc1F. The van der Waals surface area contributed by atoms with Crippen molar-refractivity contribution in [3.8, 4) is 0 Å². The topological polar surface area (TPSA) is 32.3 Å². The predicted octanol–water partition coefficient (Wildman–Crippen LogP) is 2.28. The van der Waals surface area contributed by atoms with E-state index in [0.29, 0.717) is 13.0 Å². The highest BCUT2D eigenvalue weighted by Gasteiger charge is 2.24. The van der Waals surface area contributed by atoms with Crippen LogP contribution in [-0.2, 0) is 4.79 Å². The third kappa shape index (κ3) is 2.58. The van der Waals surface area contributed by atoms with Gasteiger partial charge in [-0.05, 0) is 30.8 Å². The van der Waals surface area contributed by atoms with Crippen molar-refractivity contribution in [1.29, 1.82) is 0 Å². The number of carbonyl (C=O) groups is 1. The lowest BCUT2D eigenvalue weighted by atomic mass is 10.3. The van der Waals surface area contributed by atoms with Crippen LogP contribution >= 0.6 is 12.2 Å². The second-order valence-corrected chi connectivity index (χ2v) is 4.09. The van der Waals surface area contributed by atoms with Crippen LogP contribution in [-0.4, -0.2) is 22.5 Å². The van der Waals surface area contributed by atoms with Crippen molar-refractivity contribution in [2.24, 2.45) is 0 Å². The first kappa shape index (κ1) is 11.9. The number of anilines is 1. The molecule has 1 aromatic carbocycles. The standard InChI is InChI=1S/C11H10F2N2OS/c12-7-3-4-9(8(13)6-7)14-11(17)15-5-1-2-10(15)16/h3-4,6H,1-2,5H2,(H,14,17). The highest BCUT2D eigenvalue weighted by atomic mass is 32.1. The molecule has 0 spiro atoms. The van der Waals surface area contributed by atoms with Gasteiger partial charge >= 0.3 is 0 Å². The van der Waals surface area contributed by atoms with E-state index < -0.39 is 11.6 Å². The van der Waals surface area contributed by atoms with Crippen molar-refractivity contribution >= 4 is 28.9 Å². The van der Waals surface area contributed by atoms with Gasteiger partial charge in [-0.1, -0.05) is 0 Å². The van der Waals surface area contributed by atoms with E-state index in [2.05, 4.69) is 5.32 Å². The number of hydrogen-bond acceptors (Lipinski definition) is 2. The predicted molar refractivity (Wildman–Crippen MR) is 63.5 cm³/mol. The van der Waals surface area contributed by atoms with Gasteiger partial charge in [0, 0.05) is 19.0 Å². The number of amides is 1. The van der Waals surface area contributed by atoms with E-state index >= 15 is 0 Å². The lowest BCUT2D eigenvalue weighted by Crippen LogP contribution is -2.35. The van der Waals surface area contributed by atoms with Gasteiger partial charge in [-0.25, -0.2) is 8.78 Å². The minimum absolute atomic E-state index is 0.0658. The summed E-state index contributed by atoms with van der Waals surface area (Å²) in [6.45, 7) is 0.535. The lowest BCUT2D eigenvalue weighted by molar-refractivity contribution is -0.124. The number of halogens is 2. The summed E-state index contributed by atoms with van der Waals surface area (Å²) >= 11 is 5.00. The van der Waals surface area contributed by atoms with Crippen LogP contribution in [0.4, 0.5) is 14.5 Å². The molecule has 1 aliphatic rings. The average molecular weight is 256 g/mol. The molecule has 90 valence electrons. The molecule has 1 aliphatic heterocycles. The summed E-state index contributed by atoms with van der Waals surface area (Å²) in [5, 5.41) is 2.76. The summed E-state index contributed by atoms with van der Waals surface area (Å²) in [4.78, 5) is 12.8. The van der Waals surface area contributed by atoms with Gasteiger partial charge in [0.05, 0.1) is 5.69 Å². The molecule has 1 heterocycles. The van der Waals surface area contributed by atoms with Gasteiger partial charge in [0.1, 0.15) is 11.6 Å². The summed E-state index contributed by atoms with van der Waals surface area (Å²) in [7, 11) is 0. The largest absolute Gasteiger partial charge is 0.330 e. The maximum atomic E-state index is 13.3. The quantitative estimate of drug-likeness (QED) is 0.782. The van der Waals surface area contributed by atoms with Crippen LogP contribution in [0.5, 0.6) is 0 Å². The molecule has 0 radical (unpaired) electrons. The van der Waals surface area contributed by atoms with Crippen molar-refractivity contribution in [2.75, 3.05) is 11.9 Å². The van der Waals surface area contributed by atoms with Crippen molar-refractivity contribution in [3.05, 3.63) is 29.8 Å².